The van der Waals surface area contributed by atoms with Gasteiger partial charge in [0.2, 0.25) is 0 Å². The zero-order chi connectivity index (χ0) is 25.3. The van der Waals surface area contributed by atoms with E-state index in [2.05, 4.69) is 10.6 Å². The number of rotatable bonds is 4. The van der Waals surface area contributed by atoms with E-state index in [1.54, 1.807) is 13.2 Å². The molecule has 36 heavy (non-hydrogen) atoms. The molecule has 1 saturated heterocycles. The summed E-state index contributed by atoms with van der Waals surface area (Å²) < 4.78 is 60.0. The summed E-state index contributed by atoms with van der Waals surface area (Å²) in [4.78, 5) is 6.69. The Labute approximate surface area is 206 Å². The van der Waals surface area contributed by atoms with E-state index in [0.29, 0.717) is 48.1 Å². The standard InChI is InChI=1S/C27H26F4N4O/c1-36-21-8-3-17(4-9-21)2-7-20-16-35(13-12-32-20)26-22-14-18(27(29,30)31)5-10-23(22)33-24-11-6-19(28)15-25(24)34-26/h3-6,8-11,14-15,20,32-33H,2,7,12-13,16H2,1H3/t20-/m0/s1. The van der Waals surface area contributed by atoms with E-state index in [1.807, 2.05) is 29.2 Å². The number of anilines is 2. The molecule has 3 aromatic rings. The summed E-state index contributed by atoms with van der Waals surface area (Å²) >= 11 is 0. The smallest absolute Gasteiger partial charge is 0.416 e. The van der Waals surface area contributed by atoms with Crippen molar-refractivity contribution in [1.82, 2.24) is 10.2 Å². The van der Waals surface area contributed by atoms with Gasteiger partial charge in [-0.05, 0) is 60.9 Å². The fourth-order valence-electron chi connectivity index (χ4n) is 4.62. The molecule has 0 spiro atoms. The van der Waals surface area contributed by atoms with E-state index in [4.69, 9.17) is 9.73 Å². The maximum atomic E-state index is 14.0. The molecule has 3 aromatic carbocycles. The lowest BCUT2D eigenvalue weighted by Gasteiger charge is -2.36. The molecule has 5 nitrogen and oxygen atoms in total. The highest BCUT2D eigenvalue weighted by Gasteiger charge is 2.33. The van der Waals surface area contributed by atoms with Crippen molar-refractivity contribution in [2.75, 3.05) is 32.1 Å². The number of piperazine rings is 1. The predicted molar refractivity (Wildman–Crippen MR) is 132 cm³/mol. The maximum absolute atomic E-state index is 14.0. The molecule has 2 aliphatic heterocycles. The van der Waals surface area contributed by atoms with Gasteiger partial charge in [0.1, 0.15) is 17.4 Å². The van der Waals surface area contributed by atoms with Gasteiger partial charge in [0.25, 0.3) is 0 Å². The summed E-state index contributed by atoms with van der Waals surface area (Å²) in [6, 6.07) is 15.7. The normalized spacial score (nSPS) is 17.4. The maximum Gasteiger partial charge on any atom is 0.416 e. The molecule has 0 aliphatic carbocycles. The number of aliphatic imine (C=N–C) groups is 1. The molecular formula is C27H26F4N4O. The van der Waals surface area contributed by atoms with Crippen LogP contribution < -0.4 is 15.4 Å². The Balaban J connectivity index is 1.44. The molecule has 188 valence electrons. The van der Waals surface area contributed by atoms with Crippen molar-refractivity contribution in [3.8, 4) is 5.75 Å². The molecule has 5 rings (SSSR count). The number of halogens is 4. The number of methoxy groups -OCH3 is 1. The molecule has 0 bridgehead atoms. The fourth-order valence-corrected chi connectivity index (χ4v) is 4.62. The summed E-state index contributed by atoms with van der Waals surface area (Å²) in [6.45, 7) is 1.79. The molecule has 1 fully saturated rings. The van der Waals surface area contributed by atoms with Crippen LogP contribution in [0.4, 0.5) is 34.6 Å². The van der Waals surface area contributed by atoms with Crippen molar-refractivity contribution in [3.63, 3.8) is 0 Å². The number of alkyl halides is 3. The first kappa shape index (κ1) is 24.1. The first-order valence-electron chi connectivity index (χ1n) is 11.8. The molecule has 9 heteroatoms. The molecule has 2 N–H and O–H groups in total. The number of amidine groups is 1. The van der Waals surface area contributed by atoms with Crippen molar-refractivity contribution in [2.45, 2.75) is 25.1 Å². The van der Waals surface area contributed by atoms with E-state index in [9.17, 15) is 17.6 Å². The SMILES string of the molecule is COc1ccc(CC[C@H]2CN(C3=Nc4cc(F)ccc4Nc4ccc(C(F)(F)F)cc43)CCN2)cc1. The number of fused-ring (bicyclic) bond motifs is 2. The molecule has 0 saturated carbocycles. The predicted octanol–water partition coefficient (Wildman–Crippen LogP) is 5.90. The van der Waals surface area contributed by atoms with Crippen molar-refractivity contribution in [2.24, 2.45) is 4.99 Å². The molecular weight excluding hydrogens is 472 g/mol. The van der Waals surface area contributed by atoms with Crippen LogP contribution in [0.15, 0.2) is 65.7 Å². The first-order chi connectivity index (χ1) is 17.3. The average molecular weight is 499 g/mol. The van der Waals surface area contributed by atoms with Crippen molar-refractivity contribution >= 4 is 22.9 Å². The third-order valence-corrected chi connectivity index (χ3v) is 6.54. The number of hydrogen-bond acceptors (Lipinski definition) is 5. The number of hydrogen-bond donors (Lipinski definition) is 2. The van der Waals surface area contributed by atoms with Crippen LogP contribution in [0.25, 0.3) is 0 Å². The van der Waals surface area contributed by atoms with Crippen LogP contribution in [0.1, 0.15) is 23.1 Å². The summed E-state index contributed by atoms with van der Waals surface area (Å²) in [5.41, 5.74) is 2.16. The third kappa shape index (κ3) is 5.16. The van der Waals surface area contributed by atoms with E-state index < -0.39 is 17.6 Å². The summed E-state index contributed by atoms with van der Waals surface area (Å²) in [7, 11) is 1.63. The van der Waals surface area contributed by atoms with Crippen LogP contribution in [0.5, 0.6) is 5.75 Å². The number of aryl methyl sites for hydroxylation is 1. The first-order valence-corrected chi connectivity index (χ1v) is 11.8. The van der Waals surface area contributed by atoms with Gasteiger partial charge >= 0.3 is 6.18 Å². The topological polar surface area (TPSA) is 48.9 Å². The van der Waals surface area contributed by atoms with Gasteiger partial charge in [-0.15, -0.1) is 0 Å². The quantitative estimate of drug-likeness (QED) is 0.440. The van der Waals surface area contributed by atoms with Crippen molar-refractivity contribution in [3.05, 3.63) is 83.2 Å². The second-order valence-electron chi connectivity index (χ2n) is 8.96. The Bertz CT molecular complexity index is 1270. The van der Waals surface area contributed by atoms with Crippen LogP contribution in [-0.2, 0) is 12.6 Å². The van der Waals surface area contributed by atoms with E-state index in [1.165, 1.54) is 23.8 Å². The Morgan fingerprint density at radius 3 is 2.56 bits per heavy atom. The van der Waals surface area contributed by atoms with Gasteiger partial charge in [0.15, 0.2) is 0 Å². The summed E-state index contributed by atoms with van der Waals surface area (Å²) in [5.74, 6) is 0.747. The van der Waals surface area contributed by atoms with E-state index >= 15 is 0 Å². The van der Waals surface area contributed by atoms with Crippen LogP contribution in [-0.4, -0.2) is 43.5 Å². The highest BCUT2D eigenvalue weighted by Crippen LogP contribution is 2.38. The Hall–Kier alpha value is -3.59. The van der Waals surface area contributed by atoms with Gasteiger partial charge in [0, 0.05) is 43.0 Å². The van der Waals surface area contributed by atoms with Crippen LogP contribution in [0.2, 0.25) is 0 Å². The number of nitrogens with zero attached hydrogens (tertiary/aromatic N) is 2. The Morgan fingerprint density at radius 2 is 1.81 bits per heavy atom. The van der Waals surface area contributed by atoms with Gasteiger partial charge in [-0.25, -0.2) is 9.38 Å². The van der Waals surface area contributed by atoms with Gasteiger partial charge in [-0.2, -0.15) is 13.2 Å². The fraction of sp³-hybridized carbons (Fsp3) is 0.296. The lowest BCUT2D eigenvalue weighted by molar-refractivity contribution is -0.137. The number of benzene rings is 3. The zero-order valence-corrected chi connectivity index (χ0v) is 19.7. The molecule has 2 heterocycles. The second kappa shape index (κ2) is 9.81. The monoisotopic (exact) mass is 498 g/mol. The minimum atomic E-state index is -4.49. The van der Waals surface area contributed by atoms with Gasteiger partial charge in [-0.3, -0.25) is 0 Å². The molecule has 2 aliphatic rings. The molecule has 0 amide bonds. The van der Waals surface area contributed by atoms with Crippen molar-refractivity contribution < 1.29 is 22.3 Å². The number of nitrogens with one attached hydrogen (secondary N) is 2. The zero-order valence-electron chi connectivity index (χ0n) is 19.7. The second-order valence-corrected chi connectivity index (χ2v) is 8.96. The Kier molecular flexibility index (Phi) is 6.57. The Morgan fingerprint density at radius 1 is 1.03 bits per heavy atom. The number of ether oxygens (including phenoxy) is 1. The lowest BCUT2D eigenvalue weighted by Crippen LogP contribution is -2.53. The van der Waals surface area contributed by atoms with Gasteiger partial charge in [-0.1, -0.05) is 12.1 Å². The lowest BCUT2D eigenvalue weighted by atomic mass is 10.0. The molecule has 1 atom stereocenters. The van der Waals surface area contributed by atoms with E-state index in [0.717, 1.165) is 30.7 Å². The molecule has 0 radical (unpaired) electrons. The van der Waals surface area contributed by atoms with Crippen LogP contribution in [0, 0.1) is 5.82 Å². The summed E-state index contributed by atoms with van der Waals surface area (Å²) in [6.07, 6.45) is -2.81. The van der Waals surface area contributed by atoms with E-state index in [-0.39, 0.29) is 6.04 Å². The minimum Gasteiger partial charge on any atom is -0.497 e. The minimum absolute atomic E-state index is 0.112. The largest absolute Gasteiger partial charge is 0.497 e. The summed E-state index contributed by atoms with van der Waals surface area (Å²) in [5, 5.41) is 6.65. The third-order valence-electron chi connectivity index (χ3n) is 6.54. The molecule has 0 unspecified atom stereocenters. The van der Waals surface area contributed by atoms with Crippen molar-refractivity contribution in [1.29, 1.82) is 0 Å². The van der Waals surface area contributed by atoms with Crippen LogP contribution >= 0.6 is 0 Å². The van der Waals surface area contributed by atoms with Crippen LogP contribution in [0.3, 0.4) is 0 Å². The highest BCUT2D eigenvalue weighted by molar-refractivity contribution is 6.08. The average Bonchev–Trinajstić information content (AvgIpc) is 3.03. The highest BCUT2D eigenvalue weighted by atomic mass is 19.4. The van der Waals surface area contributed by atoms with Gasteiger partial charge in [0.05, 0.1) is 24.0 Å². The molecule has 0 aromatic heterocycles. The van der Waals surface area contributed by atoms with Gasteiger partial charge < -0.3 is 20.3 Å².